The van der Waals surface area contributed by atoms with Crippen molar-refractivity contribution in [3.63, 3.8) is 0 Å². The molecule has 6 nitrogen and oxygen atoms in total. The van der Waals surface area contributed by atoms with Crippen molar-refractivity contribution < 1.29 is 9.72 Å². The molecule has 2 rings (SSSR count). The first-order chi connectivity index (χ1) is 10.1. The van der Waals surface area contributed by atoms with E-state index in [1.807, 2.05) is 0 Å². The van der Waals surface area contributed by atoms with Crippen molar-refractivity contribution in [1.82, 2.24) is 5.43 Å². The van der Waals surface area contributed by atoms with Gasteiger partial charge in [-0.05, 0) is 31.2 Å². The van der Waals surface area contributed by atoms with E-state index in [4.69, 9.17) is 11.6 Å². The third kappa shape index (κ3) is 4.13. The first-order valence-electron chi connectivity index (χ1n) is 6.50. The van der Waals surface area contributed by atoms with E-state index >= 15 is 0 Å². The fraction of sp³-hybridized carbons (Fsp3) is 0.286. The number of carbonyl (C=O) groups excluding carboxylic acids is 1. The minimum atomic E-state index is -0.567. The van der Waals surface area contributed by atoms with E-state index in [1.165, 1.54) is 12.1 Å². The molecule has 0 radical (unpaired) electrons. The molecule has 0 aliphatic heterocycles. The fourth-order valence-corrected chi connectivity index (χ4v) is 2.28. The van der Waals surface area contributed by atoms with Crippen LogP contribution in [-0.2, 0) is 0 Å². The fourth-order valence-electron chi connectivity index (χ4n) is 2.02. The predicted molar refractivity (Wildman–Crippen MR) is 80.5 cm³/mol. The summed E-state index contributed by atoms with van der Waals surface area (Å²) >= 11 is 5.87. The minimum Gasteiger partial charge on any atom is -0.267 e. The Labute approximate surface area is 126 Å². The number of benzene rings is 1. The van der Waals surface area contributed by atoms with Crippen molar-refractivity contribution >= 4 is 29.4 Å². The largest absolute Gasteiger partial charge is 0.272 e. The average molecular weight is 308 g/mol. The van der Waals surface area contributed by atoms with Gasteiger partial charge in [-0.3, -0.25) is 14.9 Å². The van der Waals surface area contributed by atoms with Crippen LogP contribution >= 0.6 is 11.6 Å². The van der Waals surface area contributed by atoms with Gasteiger partial charge in [0.05, 0.1) is 15.5 Å². The molecule has 0 saturated heterocycles. The second-order valence-electron chi connectivity index (χ2n) is 4.68. The van der Waals surface area contributed by atoms with Crippen molar-refractivity contribution in [2.24, 2.45) is 11.0 Å². The number of hydrogen-bond donors (Lipinski definition) is 1. The Kier molecular flexibility index (Phi) is 5.05. The van der Waals surface area contributed by atoms with Gasteiger partial charge in [0.1, 0.15) is 0 Å². The lowest BCUT2D eigenvalue weighted by Crippen LogP contribution is -2.19. The van der Waals surface area contributed by atoms with Crippen molar-refractivity contribution in [3.8, 4) is 0 Å². The van der Waals surface area contributed by atoms with Crippen LogP contribution in [0.15, 0.2) is 35.5 Å². The number of nitrogens with one attached hydrogen (secondary N) is 1. The topological polar surface area (TPSA) is 84.6 Å². The van der Waals surface area contributed by atoms with Gasteiger partial charge >= 0.3 is 0 Å². The molecule has 0 saturated carbocycles. The van der Waals surface area contributed by atoms with Crippen LogP contribution in [0, 0.1) is 16.0 Å². The van der Waals surface area contributed by atoms with Crippen molar-refractivity contribution in [1.29, 1.82) is 0 Å². The highest BCUT2D eigenvalue weighted by Gasteiger charge is 2.14. The molecule has 1 aromatic carbocycles. The first-order valence-corrected chi connectivity index (χ1v) is 6.88. The smallest absolute Gasteiger partial charge is 0.267 e. The van der Waals surface area contributed by atoms with E-state index in [2.05, 4.69) is 22.7 Å². The van der Waals surface area contributed by atoms with Gasteiger partial charge in [-0.15, -0.1) is 0 Å². The molecule has 21 heavy (non-hydrogen) atoms. The van der Waals surface area contributed by atoms with Crippen LogP contribution in [0.1, 0.15) is 29.6 Å². The number of rotatable bonds is 4. The molecule has 0 spiro atoms. The number of carbonyl (C=O) groups is 1. The number of hydrazone groups is 1. The summed E-state index contributed by atoms with van der Waals surface area (Å²) in [4.78, 5) is 21.9. The highest BCUT2D eigenvalue weighted by atomic mass is 35.5. The van der Waals surface area contributed by atoms with Crippen molar-refractivity contribution in [2.45, 2.75) is 19.3 Å². The maximum Gasteiger partial charge on any atom is 0.272 e. The third-order valence-corrected chi connectivity index (χ3v) is 3.48. The van der Waals surface area contributed by atoms with Crippen LogP contribution < -0.4 is 5.43 Å². The summed E-state index contributed by atoms with van der Waals surface area (Å²) in [5.41, 5.74) is 2.39. The third-order valence-electron chi connectivity index (χ3n) is 3.17. The number of nitrogens with zero attached hydrogens (tertiary/aromatic N) is 2. The molecule has 1 atom stereocenters. The van der Waals surface area contributed by atoms with Gasteiger partial charge in [0.25, 0.3) is 11.6 Å². The van der Waals surface area contributed by atoms with Crippen LogP contribution in [0.5, 0.6) is 0 Å². The van der Waals surface area contributed by atoms with Crippen LogP contribution in [-0.4, -0.2) is 17.0 Å². The van der Waals surface area contributed by atoms with Crippen LogP contribution in [0.2, 0.25) is 5.02 Å². The molecule has 1 N–H and O–H groups in total. The Morgan fingerprint density at radius 2 is 2.29 bits per heavy atom. The van der Waals surface area contributed by atoms with Gasteiger partial charge in [0, 0.05) is 18.3 Å². The number of halogens is 1. The molecule has 0 fully saturated rings. The lowest BCUT2D eigenvalue weighted by atomic mass is 9.96. The summed E-state index contributed by atoms with van der Waals surface area (Å²) in [5, 5.41) is 14.5. The Morgan fingerprint density at radius 3 is 2.90 bits per heavy atom. The molecule has 7 heteroatoms. The highest BCUT2D eigenvalue weighted by Crippen LogP contribution is 2.22. The molecule has 0 heterocycles. The molecule has 110 valence electrons. The summed E-state index contributed by atoms with van der Waals surface area (Å²) in [7, 11) is 0. The summed E-state index contributed by atoms with van der Waals surface area (Å²) in [6.07, 6.45) is 8.86. The SMILES string of the molecule is O=C(N/N=C\[C@H]1CC=CCC1)c1ccc([N+](=O)[O-])cc1Cl. The lowest BCUT2D eigenvalue weighted by Gasteiger charge is -2.11. The molecular weight excluding hydrogens is 294 g/mol. The van der Waals surface area contributed by atoms with Gasteiger partial charge in [0.15, 0.2) is 0 Å². The van der Waals surface area contributed by atoms with E-state index in [9.17, 15) is 14.9 Å². The molecular formula is C14H14ClN3O3. The number of nitro groups is 1. The van der Waals surface area contributed by atoms with E-state index in [0.717, 1.165) is 25.3 Å². The zero-order chi connectivity index (χ0) is 15.2. The average Bonchev–Trinajstić information content (AvgIpc) is 2.48. The summed E-state index contributed by atoms with van der Waals surface area (Å²) in [6, 6.07) is 3.69. The second-order valence-corrected chi connectivity index (χ2v) is 5.09. The van der Waals surface area contributed by atoms with E-state index in [-0.39, 0.29) is 16.3 Å². The Balaban J connectivity index is 1.98. The van der Waals surface area contributed by atoms with E-state index in [1.54, 1.807) is 6.21 Å². The van der Waals surface area contributed by atoms with Crippen LogP contribution in [0.3, 0.4) is 0 Å². The van der Waals surface area contributed by atoms with Gasteiger partial charge in [-0.2, -0.15) is 5.10 Å². The zero-order valence-corrected chi connectivity index (χ0v) is 11.9. The van der Waals surface area contributed by atoms with Crippen LogP contribution in [0.4, 0.5) is 5.69 Å². The molecule has 0 bridgehead atoms. The van der Waals surface area contributed by atoms with Gasteiger partial charge in [0.2, 0.25) is 0 Å². The van der Waals surface area contributed by atoms with Gasteiger partial charge in [-0.1, -0.05) is 23.8 Å². The standard InChI is InChI=1S/C14H14ClN3O3/c15-13-8-11(18(20)21)6-7-12(13)14(19)17-16-9-10-4-2-1-3-5-10/h1-2,6-10H,3-5H2,(H,17,19)/b16-9-/t10-/m0/s1. The zero-order valence-electron chi connectivity index (χ0n) is 11.2. The van der Waals surface area contributed by atoms with E-state index in [0.29, 0.717) is 5.92 Å². The lowest BCUT2D eigenvalue weighted by molar-refractivity contribution is -0.384. The monoisotopic (exact) mass is 307 g/mol. The van der Waals surface area contributed by atoms with Gasteiger partial charge in [-0.25, -0.2) is 5.43 Å². The molecule has 1 amide bonds. The highest BCUT2D eigenvalue weighted by molar-refractivity contribution is 6.34. The maximum absolute atomic E-state index is 11.9. The van der Waals surface area contributed by atoms with Gasteiger partial charge < -0.3 is 0 Å². The summed E-state index contributed by atoms with van der Waals surface area (Å²) < 4.78 is 0. The molecule has 1 aliphatic carbocycles. The Morgan fingerprint density at radius 1 is 1.48 bits per heavy atom. The number of hydrogen-bond acceptors (Lipinski definition) is 4. The number of allylic oxidation sites excluding steroid dienone is 2. The Hall–Kier alpha value is -2.21. The summed E-state index contributed by atoms with van der Waals surface area (Å²) in [5.74, 6) is -0.167. The number of non-ortho nitro benzene ring substituents is 1. The summed E-state index contributed by atoms with van der Waals surface area (Å²) in [6.45, 7) is 0. The quantitative estimate of drug-likeness (QED) is 0.401. The predicted octanol–water partition coefficient (Wildman–Crippen LogP) is 3.32. The maximum atomic E-state index is 11.9. The second kappa shape index (κ2) is 6.99. The Bertz CT molecular complexity index is 613. The first kappa shape index (κ1) is 15.2. The molecule has 0 unspecified atom stereocenters. The number of nitro benzene ring substituents is 1. The van der Waals surface area contributed by atoms with Crippen molar-refractivity contribution in [3.05, 3.63) is 51.1 Å². The normalized spacial score (nSPS) is 17.9. The molecule has 1 aromatic rings. The molecule has 1 aliphatic rings. The number of amides is 1. The van der Waals surface area contributed by atoms with Crippen LogP contribution in [0.25, 0.3) is 0 Å². The van der Waals surface area contributed by atoms with Crippen molar-refractivity contribution in [2.75, 3.05) is 0 Å². The minimum absolute atomic E-state index is 0.0255. The van der Waals surface area contributed by atoms with E-state index < -0.39 is 10.8 Å². The molecule has 0 aromatic heterocycles.